The molecule has 21 heavy (non-hydrogen) atoms. The number of para-hydroxylation sites is 1. The highest BCUT2D eigenvalue weighted by atomic mass is 16.4. The fourth-order valence-corrected chi connectivity index (χ4v) is 2.20. The van der Waals surface area contributed by atoms with Gasteiger partial charge in [0.1, 0.15) is 17.7 Å². The largest absolute Gasteiger partial charge is 0.481 e. The molecule has 0 saturated carbocycles. The minimum atomic E-state index is -1.66. The molecule has 0 aliphatic rings. The summed E-state index contributed by atoms with van der Waals surface area (Å²) >= 11 is 0. The number of rotatable bonds is 6. The second-order valence-electron chi connectivity index (χ2n) is 4.63. The molecule has 1 aromatic heterocycles. The van der Waals surface area contributed by atoms with Gasteiger partial charge in [-0.2, -0.15) is 0 Å². The van der Waals surface area contributed by atoms with Crippen molar-refractivity contribution in [3.8, 4) is 0 Å². The number of aliphatic carboxylic acids is 2. The van der Waals surface area contributed by atoms with Gasteiger partial charge in [-0.3, -0.25) is 9.59 Å². The molecule has 0 aliphatic carbocycles. The van der Waals surface area contributed by atoms with E-state index in [0.717, 1.165) is 17.8 Å². The number of hydrogen-bond acceptors (Lipinski definition) is 4. The number of anilines is 1. The maximum atomic E-state index is 11.4. The lowest BCUT2D eigenvalue weighted by atomic mass is 9.95. The van der Waals surface area contributed by atoms with E-state index in [0.29, 0.717) is 5.69 Å². The Balaban J connectivity index is 2.38. The van der Waals surface area contributed by atoms with Gasteiger partial charge in [0.2, 0.25) is 0 Å². The molecule has 7 heteroatoms. The first kappa shape index (κ1) is 14.6. The second kappa shape index (κ2) is 5.66. The molecule has 0 spiro atoms. The third kappa shape index (κ3) is 2.86. The number of carboxylic acids is 2. The smallest absolute Gasteiger partial charge is 0.327 e. The van der Waals surface area contributed by atoms with E-state index in [1.165, 1.54) is 0 Å². The number of carbonyl (C=O) groups excluding carboxylic acids is 1. The molecule has 0 amide bonds. The average molecular weight is 290 g/mol. The normalized spacial score (nSPS) is 13.6. The predicted molar refractivity (Wildman–Crippen MR) is 75.2 cm³/mol. The van der Waals surface area contributed by atoms with E-state index in [9.17, 15) is 19.5 Å². The van der Waals surface area contributed by atoms with E-state index in [4.69, 9.17) is 5.11 Å². The number of H-pyrrole nitrogens is 1. The fraction of sp³-hybridized carbons (Fsp3) is 0.214. The number of nitrogens with one attached hydrogen (secondary N) is 2. The van der Waals surface area contributed by atoms with Gasteiger partial charge in [0, 0.05) is 17.1 Å². The van der Waals surface area contributed by atoms with Crippen molar-refractivity contribution >= 4 is 34.3 Å². The van der Waals surface area contributed by atoms with Crippen molar-refractivity contribution in [1.29, 1.82) is 0 Å². The summed E-state index contributed by atoms with van der Waals surface area (Å²) in [4.78, 5) is 36.8. The first-order valence-electron chi connectivity index (χ1n) is 6.20. The Morgan fingerprint density at radius 3 is 2.38 bits per heavy atom. The van der Waals surface area contributed by atoms with Crippen molar-refractivity contribution < 1.29 is 24.6 Å². The summed E-state index contributed by atoms with van der Waals surface area (Å²) in [6.07, 6.45) is 1.54. The average Bonchev–Trinajstić information content (AvgIpc) is 2.80. The molecule has 0 bridgehead atoms. The van der Waals surface area contributed by atoms with Crippen LogP contribution in [0.1, 0.15) is 6.92 Å². The molecule has 0 fully saturated rings. The quantitative estimate of drug-likeness (QED) is 0.596. The number of carbonyl (C=O) groups is 3. The number of fused-ring (bicyclic) bond motifs is 1. The van der Waals surface area contributed by atoms with Crippen LogP contribution < -0.4 is 5.32 Å². The first-order chi connectivity index (χ1) is 9.91. The van der Waals surface area contributed by atoms with Crippen LogP contribution in [-0.2, 0) is 14.4 Å². The summed E-state index contributed by atoms with van der Waals surface area (Å²) in [5.74, 6) is -5.25. The Morgan fingerprint density at radius 1 is 1.14 bits per heavy atom. The van der Waals surface area contributed by atoms with E-state index in [1.807, 2.05) is 6.07 Å². The molecule has 4 N–H and O–H groups in total. The predicted octanol–water partition coefficient (Wildman–Crippen LogP) is 1.32. The van der Waals surface area contributed by atoms with Gasteiger partial charge in [-0.15, -0.1) is 0 Å². The zero-order chi connectivity index (χ0) is 15.6. The standard InChI is InChI=1S/C14H14N2O5/c1-7(17)11(13(18)19)12(14(20)21)16-10-6-15-9-5-3-2-4-8(9)10/h2-6,11-12,15-16H,1H3,(H,18,19)(H,20,21)/t11?,12-/m0/s1. The van der Waals surface area contributed by atoms with Gasteiger partial charge in [0.25, 0.3) is 0 Å². The molecule has 1 aromatic carbocycles. The monoisotopic (exact) mass is 290 g/mol. The van der Waals surface area contributed by atoms with Gasteiger partial charge < -0.3 is 20.5 Å². The summed E-state index contributed by atoms with van der Waals surface area (Å²) in [6, 6.07) is 5.61. The molecule has 1 heterocycles. The van der Waals surface area contributed by atoms with Crippen LogP contribution in [0.5, 0.6) is 0 Å². The summed E-state index contributed by atoms with van der Waals surface area (Å²) in [5, 5.41) is 21.6. The zero-order valence-corrected chi connectivity index (χ0v) is 11.2. The molecule has 7 nitrogen and oxygen atoms in total. The Kier molecular flexibility index (Phi) is 3.93. The van der Waals surface area contributed by atoms with Gasteiger partial charge in [0.15, 0.2) is 0 Å². The number of Topliss-reactive ketones (excluding diaryl/α,β-unsaturated/α-hetero) is 1. The molecule has 2 atom stereocenters. The third-order valence-corrected chi connectivity index (χ3v) is 3.20. The lowest BCUT2D eigenvalue weighted by molar-refractivity contribution is -0.152. The van der Waals surface area contributed by atoms with Crippen LogP contribution in [0.25, 0.3) is 10.9 Å². The lowest BCUT2D eigenvalue weighted by Gasteiger charge is -2.20. The number of aromatic nitrogens is 1. The van der Waals surface area contributed by atoms with Gasteiger partial charge in [-0.05, 0) is 13.0 Å². The number of hydrogen-bond donors (Lipinski definition) is 4. The van der Waals surface area contributed by atoms with Gasteiger partial charge >= 0.3 is 11.9 Å². The zero-order valence-electron chi connectivity index (χ0n) is 11.2. The van der Waals surface area contributed by atoms with Crippen LogP contribution in [0.3, 0.4) is 0 Å². The number of carboxylic acid groups (broad SMARTS) is 2. The Morgan fingerprint density at radius 2 is 1.81 bits per heavy atom. The maximum Gasteiger partial charge on any atom is 0.327 e. The highest BCUT2D eigenvalue weighted by Crippen LogP contribution is 2.24. The van der Waals surface area contributed by atoms with Crippen LogP contribution in [0.2, 0.25) is 0 Å². The fourth-order valence-electron chi connectivity index (χ4n) is 2.20. The van der Waals surface area contributed by atoms with Crippen LogP contribution in [-0.4, -0.2) is 39.0 Å². The number of ketones is 1. The minimum Gasteiger partial charge on any atom is -0.481 e. The summed E-state index contributed by atoms with van der Waals surface area (Å²) < 4.78 is 0. The van der Waals surface area contributed by atoms with Crippen LogP contribution in [0, 0.1) is 5.92 Å². The molecular formula is C14H14N2O5. The Bertz CT molecular complexity index is 692. The van der Waals surface area contributed by atoms with Crippen molar-refractivity contribution in [3.05, 3.63) is 30.5 Å². The summed E-state index contributed by atoms with van der Waals surface area (Å²) in [6.45, 7) is 1.06. The summed E-state index contributed by atoms with van der Waals surface area (Å²) in [7, 11) is 0. The molecule has 0 saturated heterocycles. The Labute approximate surface area is 119 Å². The highest BCUT2D eigenvalue weighted by molar-refractivity contribution is 6.03. The second-order valence-corrected chi connectivity index (χ2v) is 4.63. The van der Waals surface area contributed by atoms with Crippen LogP contribution in [0.15, 0.2) is 30.5 Å². The molecule has 2 rings (SSSR count). The topological polar surface area (TPSA) is 119 Å². The minimum absolute atomic E-state index is 0.436. The molecular weight excluding hydrogens is 276 g/mol. The van der Waals surface area contributed by atoms with Gasteiger partial charge in [0.05, 0.1) is 5.69 Å². The van der Waals surface area contributed by atoms with Crippen LogP contribution in [0.4, 0.5) is 5.69 Å². The first-order valence-corrected chi connectivity index (χ1v) is 6.20. The van der Waals surface area contributed by atoms with E-state index in [1.54, 1.807) is 24.4 Å². The SMILES string of the molecule is CC(=O)C(C(=O)O)[C@H](Nc1c[nH]c2ccccc12)C(=O)O. The van der Waals surface area contributed by atoms with E-state index in [2.05, 4.69) is 10.3 Å². The van der Waals surface area contributed by atoms with Gasteiger partial charge in [-0.1, -0.05) is 18.2 Å². The maximum absolute atomic E-state index is 11.4. The van der Waals surface area contributed by atoms with Crippen molar-refractivity contribution in [1.82, 2.24) is 4.98 Å². The van der Waals surface area contributed by atoms with Crippen molar-refractivity contribution in [2.45, 2.75) is 13.0 Å². The molecule has 0 radical (unpaired) electrons. The van der Waals surface area contributed by atoms with E-state index in [-0.39, 0.29) is 0 Å². The van der Waals surface area contributed by atoms with Gasteiger partial charge in [-0.25, -0.2) is 4.79 Å². The Hall–Kier alpha value is -2.83. The van der Waals surface area contributed by atoms with Crippen molar-refractivity contribution in [2.75, 3.05) is 5.32 Å². The van der Waals surface area contributed by atoms with Crippen molar-refractivity contribution in [3.63, 3.8) is 0 Å². The molecule has 1 unspecified atom stereocenters. The third-order valence-electron chi connectivity index (χ3n) is 3.20. The highest BCUT2D eigenvalue weighted by Gasteiger charge is 2.37. The molecule has 110 valence electrons. The van der Waals surface area contributed by atoms with Crippen molar-refractivity contribution in [2.24, 2.45) is 5.92 Å². The van der Waals surface area contributed by atoms with E-state index < -0.39 is 29.7 Å². The summed E-state index contributed by atoms with van der Waals surface area (Å²) in [5.41, 5.74) is 1.21. The van der Waals surface area contributed by atoms with E-state index >= 15 is 0 Å². The lowest BCUT2D eigenvalue weighted by Crippen LogP contribution is -2.44. The molecule has 0 aliphatic heterocycles. The van der Waals surface area contributed by atoms with Crippen LogP contribution >= 0.6 is 0 Å². The number of benzene rings is 1. The molecule has 2 aromatic rings. The number of aromatic amines is 1.